The molecule has 20 heavy (non-hydrogen) atoms. The third-order valence-corrected chi connectivity index (χ3v) is 3.88. The molecule has 2 aromatic rings. The van der Waals surface area contributed by atoms with E-state index in [4.69, 9.17) is 4.74 Å². The van der Waals surface area contributed by atoms with E-state index < -0.39 is 0 Å². The average molecular weight is 273 g/mol. The van der Waals surface area contributed by atoms with E-state index in [0.717, 1.165) is 35.4 Å². The molecule has 1 aliphatic rings. The van der Waals surface area contributed by atoms with E-state index in [-0.39, 0.29) is 12.1 Å². The van der Waals surface area contributed by atoms with E-state index in [1.807, 2.05) is 31.2 Å². The third kappa shape index (κ3) is 2.46. The van der Waals surface area contributed by atoms with Gasteiger partial charge in [-0.1, -0.05) is 12.1 Å². The van der Waals surface area contributed by atoms with Crippen LogP contribution in [0.1, 0.15) is 18.5 Å². The molecule has 0 spiro atoms. The normalized spacial score (nSPS) is 18.1. The molecule has 1 aromatic heterocycles. The number of benzene rings is 1. The smallest absolute Gasteiger partial charge is 0.148 e. The lowest BCUT2D eigenvalue weighted by Gasteiger charge is -2.37. The maximum atomic E-state index is 9.74. The molecule has 0 aliphatic carbocycles. The Balaban J connectivity index is 1.95. The fourth-order valence-corrected chi connectivity index (χ4v) is 2.54. The van der Waals surface area contributed by atoms with Crippen molar-refractivity contribution in [2.24, 2.45) is 0 Å². The van der Waals surface area contributed by atoms with Crippen LogP contribution in [0.4, 0.5) is 5.82 Å². The lowest BCUT2D eigenvalue weighted by Crippen LogP contribution is -2.47. The Hall–Kier alpha value is -1.72. The molecule has 0 bridgehead atoms. The van der Waals surface area contributed by atoms with E-state index in [1.54, 1.807) is 0 Å². The van der Waals surface area contributed by atoms with Crippen molar-refractivity contribution >= 4 is 16.9 Å². The minimum absolute atomic E-state index is 0.0737. The highest BCUT2D eigenvalue weighted by atomic mass is 16.5. The van der Waals surface area contributed by atoms with Crippen molar-refractivity contribution < 1.29 is 9.84 Å². The lowest BCUT2D eigenvalue weighted by atomic mass is 9.91. The van der Waals surface area contributed by atoms with E-state index in [0.29, 0.717) is 13.2 Å². The van der Waals surface area contributed by atoms with Gasteiger partial charge in [0.2, 0.25) is 0 Å². The highest BCUT2D eigenvalue weighted by Gasteiger charge is 2.32. The molecular weight excluding hydrogens is 254 g/mol. The van der Waals surface area contributed by atoms with Gasteiger partial charge in [-0.05, 0) is 31.9 Å². The van der Waals surface area contributed by atoms with E-state index >= 15 is 0 Å². The SMILES string of the molecule is Cc1nc2ccccc2nc1NC1(CO)CCOCC1. The molecule has 0 atom stereocenters. The van der Waals surface area contributed by atoms with Gasteiger partial charge in [0.25, 0.3) is 0 Å². The van der Waals surface area contributed by atoms with Crippen molar-refractivity contribution in [1.82, 2.24) is 9.97 Å². The van der Waals surface area contributed by atoms with Crippen molar-refractivity contribution in [3.05, 3.63) is 30.0 Å². The summed E-state index contributed by atoms with van der Waals surface area (Å²) >= 11 is 0. The van der Waals surface area contributed by atoms with Gasteiger partial charge in [0.1, 0.15) is 5.82 Å². The number of nitrogens with zero attached hydrogens (tertiary/aromatic N) is 2. The van der Waals surface area contributed by atoms with Crippen molar-refractivity contribution in [2.75, 3.05) is 25.1 Å². The maximum Gasteiger partial charge on any atom is 0.148 e. The third-order valence-electron chi connectivity index (χ3n) is 3.88. The summed E-state index contributed by atoms with van der Waals surface area (Å²) in [5.41, 5.74) is 2.25. The van der Waals surface area contributed by atoms with E-state index in [9.17, 15) is 5.11 Å². The van der Waals surface area contributed by atoms with Gasteiger partial charge in [-0.25, -0.2) is 9.97 Å². The van der Waals surface area contributed by atoms with Gasteiger partial charge in [-0.2, -0.15) is 0 Å². The second kappa shape index (κ2) is 5.34. The van der Waals surface area contributed by atoms with Gasteiger partial charge >= 0.3 is 0 Å². The van der Waals surface area contributed by atoms with Crippen LogP contribution in [0, 0.1) is 6.92 Å². The summed E-state index contributed by atoms with van der Waals surface area (Å²) in [5.74, 6) is 0.750. The number of para-hydroxylation sites is 2. The largest absolute Gasteiger partial charge is 0.394 e. The first-order valence-corrected chi connectivity index (χ1v) is 6.93. The van der Waals surface area contributed by atoms with Crippen LogP contribution in [-0.4, -0.2) is 40.4 Å². The summed E-state index contributed by atoms with van der Waals surface area (Å²) < 4.78 is 5.38. The minimum Gasteiger partial charge on any atom is -0.394 e. The summed E-state index contributed by atoms with van der Waals surface area (Å²) in [6, 6.07) is 7.81. The number of nitrogens with one attached hydrogen (secondary N) is 1. The molecule has 5 nitrogen and oxygen atoms in total. The van der Waals surface area contributed by atoms with Crippen LogP contribution in [0.3, 0.4) is 0 Å². The van der Waals surface area contributed by atoms with Crippen LogP contribution in [0.25, 0.3) is 11.0 Å². The van der Waals surface area contributed by atoms with Gasteiger partial charge in [0.15, 0.2) is 0 Å². The summed E-state index contributed by atoms with van der Waals surface area (Å²) in [7, 11) is 0. The number of aryl methyl sites for hydroxylation is 1. The topological polar surface area (TPSA) is 67.3 Å². The predicted molar refractivity (Wildman–Crippen MR) is 77.8 cm³/mol. The molecule has 106 valence electrons. The number of ether oxygens (including phenoxy) is 1. The fraction of sp³-hybridized carbons (Fsp3) is 0.467. The van der Waals surface area contributed by atoms with Crippen LogP contribution in [0.5, 0.6) is 0 Å². The Bertz CT molecular complexity index is 609. The molecule has 2 heterocycles. The number of anilines is 1. The number of rotatable bonds is 3. The Kier molecular flexibility index (Phi) is 3.54. The number of hydrogen-bond donors (Lipinski definition) is 2. The Morgan fingerprint density at radius 1 is 1.20 bits per heavy atom. The Labute approximate surface area is 118 Å². The monoisotopic (exact) mass is 273 g/mol. The first-order chi connectivity index (χ1) is 9.72. The molecule has 0 unspecified atom stereocenters. The van der Waals surface area contributed by atoms with Crippen molar-refractivity contribution in [3.63, 3.8) is 0 Å². The van der Waals surface area contributed by atoms with Gasteiger partial charge < -0.3 is 15.2 Å². The number of aliphatic hydroxyl groups is 1. The number of hydrogen-bond acceptors (Lipinski definition) is 5. The predicted octanol–water partition coefficient (Wildman–Crippen LogP) is 1.89. The number of aliphatic hydroxyl groups excluding tert-OH is 1. The molecule has 0 amide bonds. The summed E-state index contributed by atoms with van der Waals surface area (Å²) in [4.78, 5) is 9.20. The van der Waals surface area contributed by atoms with Gasteiger partial charge in [-0.3, -0.25) is 0 Å². The zero-order valence-electron chi connectivity index (χ0n) is 11.6. The molecular formula is C15H19N3O2. The summed E-state index contributed by atoms with van der Waals surface area (Å²) in [5, 5.41) is 13.1. The van der Waals surface area contributed by atoms with Crippen LogP contribution in [-0.2, 0) is 4.74 Å². The summed E-state index contributed by atoms with van der Waals surface area (Å²) in [6.45, 7) is 3.33. The van der Waals surface area contributed by atoms with Gasteiger partial charge in [0.05, 0.1) is 28.9 Å². The molecule has 2 N–H and O–H groups in total. The molecule has 1 aromatic carbocycles. The molecule has 1 fully saturated rings. The first-order valence-electron chi connectivity index (χ1n) is 6.93. The first kappa shape index (κ1) is 13.3. The fourth-order valence-electron chi connectivity index (χ4n) is 2.54. The van der Waals surface area contributed by atoms with Crippen LogP contribution in [0.2, 0.25) is 0 Å². The average Bonchev–Trinajstić information content (AvgIpc) is 2.49. The molecule has 1 aliphatic heterocycles. The minimum atomic E-state index is -0.347. The molecule has 1 saturated heterocycles. The molecule has 3 rings (SSSR count). The zero-order valence-corrected chi connectivity index (χ0v) is 11.6. The highest BCUT2D eigenvalue weighted by Crippen LogP contribution is 2.26. The second-order valence-corrected chi connectivity index (χ2v) is 5.32. The van der Waals surface area contributed by atoms with Gasteiger partial charge in [-0.15, -0.1) is 0 Å². The van der Waals surface area contributed by atoms with E-state index in [1.165, 1.54) is 0 Å². The Morgan fingerprint density at radius 3 is 2.50 bits per heavy atom. The second-order valence-electron chi connectivity index (χ2n) is 5.32. The lowest BCUT2D eigenvalue weighted by molar-refractivity contribution is 0.0378. The maximum absolute atomic E-state index is 9.74. The zero-order chi connectivity index (χ0) is 14.0. The molecule has 5 heteroatoms. The van der Waals surface area contributed by atoms with Crippen molar-refractivity contribution in [1.29, 1.82) is 0 Å². The Morgan fingerprint density at radius 2 is 1.85 bits per heavy atom. The van der Waals surface area contributed by atoms with Crippen LogP contribution >= 0.6 is 0 Å². The van der Waals surface area contributed by atoms with Crippen molar-refractivity contribution in [2.45, 2.75) is 25.3 Å². The van der Waals surface area contributed by atoms with Crippen LogP contribution < -0.4 is 5.32 Å². The van der Waals surface area contributed by atoms with Crippen molar-refractivity contribution in [3.8, 4) is 0 Å². The van der Waals surface area contributed by atoms with E-state index in [2.05, 4.69) is 15.3 Å². The van der Waals surface area contributed by atoms with Gasteiger partial charge in [0, 0.05) is 13.2 Å². The summed E-state index contributed by atoms with van der Waals surface area (Å²) in [6.07, 6.45) is 1.55. The van der Waals surface area contributed by atoms with Crippen LogP contribution in [0.15, 0.2) is 24.3 Å². The molecule has 0 saturated carbocycles. The standard InChI is InChI=1S/C15H19N3O2/c1-11-14(17-13-5-3-2-4-12(13)16-11)18-15(10-19)6-8-20-9-7-15/h2-5,19H,6-10H2,1H3,(H,17,18). The number of fused-ring (bicyclic) bond motifs is 1. The quantitative estimate of drug-likeness (QED) is 0.894. The number of aromatic nitrogens is 2. The molecule has 0 radical (unpaired) electrons. The highest BCUT2D eigenvalue weighted by molar-refractivity contribution is 5.76.